The van der Waals surface area contributed by atoms with E-state index in [1.807, 2.05) is 0 Å². The van der Waals surface area contributed by atoms with Crippen LogP contribution in [0.15, 0.2) is 24.3 Å². The zero-order valence-corrected chi connectivity index (χ0v) is 15.9. The highest BCUT2D eigenvalue weighted by molar-refractivity contribution is 6.21. The summed E-state index contributed by atoms with van der Waals surface area (Å²) in [6, 6.07) is 4.04. The van der Waals surface area contributed by atoms with Crippen molar-refractivity contribution in [3.8, 4) is 0 Å². The predicted molar refractivity (Wildman–Crippen MR) is 94.0 cm³/mol. The van der Waals surface area contributed by atoms with Crippen molar-refractivity contribution in [2.75, 3.05) is 13.0 Å². The van der Waals surface area contributed by atoms with Crippen LogP contribution in [0.1, 0.15) is 51.2 Å². The quantitative estimate of drug-likeness (QED) is 0.716. The van der Waals surface area contributed by atoms with E-state index in [1.165, 1.54) is 45.0 Å². The Morgan fingerprint density at radius 2 is 1.82 bits per heavy atom. The molecular weight excluding hydrogens is 374 g/mol. The number of hydrogen-bond acceptors (Lipinski definition) is 5. The number of imide groups is 1. The summed E-state index contributed by atoms with van der Waals surface area (Å²) in [5.41, 5.74) is -1.06. The van der Waals surface area contributed by atoms with Gasteiger partial charge in [-0.25, -0.2) is 4.79 Å². The number of morpholine rings is 1. The Labute approximate surface area is 164 Å². The molecule has 152 valence electrons. The van der Waals surface area contributed by atoms with Crippen LogP contribution in [0.2, 0.25) is 0 Å². The van der Waals surface area contributed by atoms with Gasteiger partial charge in [-0.3, -0.25) is 19.4 Å². The molecule has 7 nitrogen and oxygen atoms in total. The number of carbonyl (C=O) groups excluding carboxylic acids is 3. The van der Waals surface area contributed by atoms with E-state index in [0.717, 1.165) is 6.92 Å². The van der Waals surface area contributed by atoms with E-state index >= 15 is 0 Å². The van der Waals surface area contributed by atoms with Crippen LogP contribution in [0.5, 0.6) is 0 Å². The number of amides is 3. The number of hydrogen-bond donors (Lipinski definition) is 0. The van der Waals surface area contributed by atoms with Gasteiger partial charge in [-0.2, -0.15) is 8.78 Å². The van der Waals surface area contributed by atoms with E-state index in [9.17, 15) is 23.2 Å². The van der Waals surface area contributed by atoms with E-state index in [0.29, 0.717) is 9.80 Å². The molecule has 0 unspecified atom stereocenters. The van der Waals surface area contributed by atoms with Crippen molar-refractivity contribution in [3.63, 3.8) is 0 Å². The minimum absolute atomic E-state index is 0.00935. The second kappa shape index (κ2) is 6.80. The summed E-state index contributed by atoms with van der Waals surface area (Å²) < 4.78 is 55.0. The first-order chi connectivity index (χ1) is 13.7. The molecule has 2 heterocycles. The van der Waals surface area contributed by atoms with Gasteiger partial charge in [0.05, 0.1) is 32.5 Å². The van der Waals surface area contributed by atoms with E-state index in [2.05, 4.69) is 4.74 Å². The minimum Gasteiger partial charge on any atom is -0.444 e. The predicted octanol–water partition coefficient (Wildman–Crippen LogP) is 2.90. The number of rotatable bonds is 2. The summed E-state index contributed by atoms with van der Waals surface area (Å²) in [6.45, 7) is 1.58. The van der Waals surface area contributed by atoms with E-state index in [1.54, 1.807) is 0 Å². The highest BCUT2D eigenvalue weighted by atomic mass is 19.3. The molecule has 1 aromatic rings. The molecule has 1 fully saturated rings. The van der Waals surface area contributed by atoms with Gasteiger partial charge in [-0.15, -0.1) is 0 Å². The van der Waals surface area contributed by atoms with Crippen molar-refractivity contribution in [1.82, 2.24) is 9.80 Å². The lowest BCUT2D eigenvalue weighted by atomic mass is 10.1. The van der Waals surface area contributed by atoms with Crippen molar-refractivity contribution in [3.05, 3.63) is 35.4 Å². The first-order valence-corrected chi connectivity index (χ1v) is 8.69. The van der Waals surface area contributed by atoms with Crippen LogP contribution in [0.3, 0.4) is 0 Å². The molecule has 3 rings (SSSR count). The molecule has 0 bridgehead atoms. The number of fused-ring (bicyclic) bond motifs is 1. The van der Waals surface area contributed by atoms with Gasteiger partial charge in [-0.05, 0) is 39.8 Å². The second-order valence-electron chi connectivity index (χ2n) is 7.63. The van der Waals surface area contributed by atoms with Gasteiger partial charge in [0.25, 0.3) is 11.8 Å². The van der Waals surface area contributed by atoms with Crippen LogP contribution in [-0.2, 0) is 9.47 Å². The summed E-state index contributed by atoms with van der Waals surface area (Å²) in [5.74, 6) is -1.84. The third-order valence-electron chi connectivity index (χ3n) is 4.18. The number of benzene rings is 1. The molecule has 0 saturated carbocycles. The summed E-state index contributed by atoms with van der Waals surface area (Å²) in [6.07, 6.45) is -6.52. The lowest BCUT2D eigenvalue weighted by molar-refractivity contribution is -0.301. The van der Waals surface area contributed by atoms with Gasteiger partial charge >= 0.3 is 12.2 Å². The summed E-state index contributed by atoms with van der Waals surface area (Å²) in [7, 11) is 0. The van der Waals surface area contributed by atoms with Crippen LogP contribution in [0, 0.1) is 0 Å². The number of carbonyl (C=O) groups is 3. The lowest BCUT2D eigenvalue weighted by Crippen LogP contribution is -2.62. The van der Waals surface area contributed by atoms with Gasteiger partial charge < -0.3 is 9.47 Å². The maximum absolute atomic E-state index is 14.1. The molecule has 0 N–H and O–H groups in total. The molecule has 0 radical (unpaired) electrons. The Hall–Kier alpha value is -2.55. The zero-order valence-electron chi connectivity index (χ0n) is 17.9. The van der Waals surface area contributed by atoms with Gasteiger partial charge in [0, 0.05) is 0 Å². The van der Waals surface area contributed by atoms with Crippen LogP contribution in [-0.4, -0.2) is 64.6 Å². The average molecular weight is 398 g/mol. The van der Waals surface area contributed by atoms with E-state index in [-0.39, 0.29) is 11.1 Å². The van der Waals surface area contributed by atoms with Gasteiger partial charge in [0.2, 0.25) is 0 Å². The first kappa shape index (κ1) is 17.5. The molecule has 1 aromatic carbocycles. The van der Waals surface area contributed by atoms with Crippen molar-refractivity contribution in [2.45, 2.75) is 51.6 Å². The van der Waals surface area contributed by atoms with Crippen LogP contribution in [0.4, 0.5) is 13.6 Å². The van der Waals surface area contributed by atoms with E-state index in [4.69, 9.17) is 7.48 Å². The third kappa shape index (κ3) is 3.84. The summed E-state index contributed by atoms with van der Waals surface area (Å²) in [5, 5.41) is 0. The molecule has 3 amide bonds. The average Bonchev–Trinajstić information content (AvgIpc) is 2.83. The zero-order chi connectivity index (χ0) is 22.6. The Bertz CT molecular complexity index is 868. The van der Waals surface area contributed by atoms with Gasteiger partial charge in [-0.1, -0.05) is 12.1 Å². The SMILES string of the molecule is [2H]C([2H])([C@@H]1[C@H](C)OC(F)(F)CN1C(=O)OC(C)(C)C)N1C(=O)c2ccccc2C1=O. The molecule has 1 saturated heterocycles. The van der Waals surface area contributed by atoms with Crippen molar-refractivity contribution < 1.29 is 35.4 Å². The Morgan fingerprint density at radius 3 is 2.32 bits per heavy atom. The van der Waals surface area contributed by atoms with Crippen LogP contribution < -0.4 is 0 Å². The smallest absolute Gasteiger partial charge is 0.410 e. The van der Waals surface area contributed by atoms with E-state index < -0.39 is 54.8 Å². The number of halogens is 2. The lowest BCUT2D eigenvalue weighted by Gasteiger charge is -2.44. The van der Waals surface area contributed by atoms with Crippen molar-refractivity contribution in [1.29, 1.82) is 0 Å². The first-order valence-electron chi connectivity index (χ1n) is 9.69. The standard InChI is InChI=1S/C19H22F2N2O5/c1-11-14(9-22-15(24)12-7-5-6-8-13(12)16(22)25)23(10-19(20,21)27-11)17(26)28-18(2,3)4/h5-8,11,14H,9-10H2,1-4H3/t11-,14+/m0/s1/i9D2. The highest BCUT2D eigenvalue weighted by Gasteiger charge is 2.50. The summed E-state index contributed by atoms with van der Waals surface area (Å²) >= 11 is 0. The molecule has 9 heteroatoms. The molecule has 2 aliphatic rings. The fraction of sp³-hybridized carbons (Fsp3) is 0.526. The molecule has 28 heavy (non-hydrogen) atoms. The Kier molecular flexibility index (Phi) is 4.26. The van der Waals surface area contributed by atoms with Gasteiger partial charge in [0.15, 0.2) is 0 Å². The maximum Gasteiger partial charge on any atom is 0.410 e. The molecule has 0 aliphatic carbocycles. The van der Waals surface area contributed by atoms with Gasteiger partial charge in [0.1, 0.15) is 12.1 Å². The highest BCUT2D eigenvalue weighted by Crippen LogP contribution is 2.32. The normalized spacial score (nSPS) is 25.9. The Balaban J connectivity index is 2.02. The molecule has 2 aliphatic heterocycles. The van der Waals surface area contributed by atoms with Crippen molar-refractivity contribution in [2.24, 2.45) is 0 Å². The second-order valence-corrected chi connectivity index (χ2v) is 7.63. The summed E-state index contributed by atoms with van der Waals surface area (Å²) in [4.78, 5) is 39.1. The van der Waals surface area contributed by atoms with Crippen LogP contribution in [0.25, 0.3) is 0 Å². The fourth-order valence-electron chi connectivity index (χ4n) is 3.04. The number of nitrogens with zero attached hydrogens (tertiary/aromatic N) is 2. The minimum atomic E-state index is -3.76. The molecule has 0 spiro atoms. The molecule has 0 aromatic heterocycles. The monoisotopic (exact) mass is 398 g/mol. The largest absolute Gasteiger partial charge is 0.444 e. The fourth-order valence-corrected chi connectivity index (χ4v) is 3.04. The van der Waals surface area contributed by atoms with Crippen LogP contribution >= 0.6 is 0 Å². The maximum atomic E-state index is 14.1. The third-order valence-corrected chi connectivity index (χ3v) is 4.18. The Morgan fingerprint density at radius 1 is 1.29 bits per heavy atom. The number of ether oxygens (including phenoxy) is 2. The van der Waals surface area contributed by atoms with Crippen molar-refractivity contribution >= 4 is 17.9 Å². The number of alkyl halides is 2. The topological polar surface area (TPSA) is 76.2 Å². The molecular formula is C19H22F2N2O5. The molecule has 2 atom stereocenters.